The van der Waals surface area contributed by atoms with Gasteiger partial charge in [0.05, 0.1) is 48.7 Å². The maximum absolute atomic E-state index is 14.1. The molecular weight excluding hydrogens is 1120 g/mol. The number of carbonyl (C=O) groups excluding carboxylic acids is 6. The average molecular weight is 1190 g/mol. The third-order valence-electron chi connectivity index (χ3n) is 15.2. The van der Waals surface area contributed by atoms with Gasteiger partial charge in [0, 0.05) is 47.4 Å². The Morgan fingerprint density at radius 1 is 0.548 bits per heavy atom. The van der Waals surface area contributed by atoms with Crippen LogP contribution in [0, 0.1) is 10.8 Å². The molecule has 2 aliphatic heterocycles. The highest BCUT2D eigenvalue weighted by Gasteiger charge is 2.44. The summed E-state index contributed by atoms with van der Waals surface area (Å²) in [6.45, 7) is 15.5. The number of anilines is 6. The fourth-order valence-corrected chi connectivity index (χ4v) is 10.1. The molecule has 0 saturated carbocycles. The number of rotatable bonds is 19. The van der Waals surface area contributed by atoms with Crippen molar-refractivity contribution in [2.75, 3.05) is 62.7 Å². The normalized spacial score (nSPS) is 16.5. The van der Waals surface area contributed by atoms with Gasteiger partial charge in [0.1, 0.15) is 60.0 Å². The number of likely N-dealkylation sites (tertiary alicyclic amines) is 2. The molecule has 450 valence electrons. The Hall–Kier alpha value is -7.92. The van der Waals surface area contributed by atoms with E-state index in [1.807, 2.05) is 90.1 Å². The van der Waals surface area contributed by atoms with Crippen LogP contribution < -0.4 is 52.0 Å². The molecular formula is C60H78Cl2N14O8. The smallest absolute Gasteiger partial charge is 0.247 e. The van der Waals surface area contributed by atoms with E-state index >= 15 is 0 Å². The van der Waals surface area contributed by atoms with Crippen molar-refractivity contribution in [1.82, 2.24) is 51.0 Å². The molecule has 6 atom stereocenters. The van der Waals surface area contributed by atoms with E-state index in [1.165, 1.54) is 26.9 Å². The molecule has 0 bridgehead atoms. The molecule has 6 aromatic rings. The highest BCUT2D eigenvalue weighted by atomic mass is 35.5. The Bertz CT molecular complexity index is 3140. The number of nitrogens with one attached hydrogen (secondary N) is 8. The zero-order valence-corrected chi connectivity index (χ0v) is 51.2. The van der Waals surface area contributed by atoms with Crippen LogP contribution in [0.25, 0.3) is 32.9 Å². The van der Waals surface area contributed by atoms with Crippen LogP contribution >= 0.6 is 24.8 Å². The van der Waals surface area contributed by atoms with Crippen LogP contribution in [0.1, 0.15) is 81.1 Å². The predicted molar refractivity (Wildman–Crippen MR) is 332 cm³/mol. The quantitative estimate of drug-likeness (QED) is 0.0385. The zero-order valence-electron chi connectivity index (χ0n) is 49.6. The van der Waals surface area contributed by atoms with Crippen molar-refractivity contribution in [1.29, 1.82) is 0 Å². The number of nitrogens with zero attached hydrogens (tertiary/aromatic N) is 6. The summed E-state index contributed by atoms with van der Waals surface area (Å²) in [5.41, 5.74) is 4.07. The van der Waals surface area contributed by atoms with E-state index in [4.69, 9.17) is 9.47 Å². The molecule has 8 rings (SSSR count). The highest BCUT2D eigenvalue weighted by molar-refractivity contribution is 6.05. The first-order valence-electron chi connectivity index (χ1n) is 27.6. The van der Waals surface area contributed by atoms with Gasteiger partial charge in [-0.1, -0.05) is 65.8 Å². The highest BCUT2D eigenvalue weighted by Crippen LogP contribution is 2.37. The number of ether oxygens (including phenoxy) is 2. The Balaban J connectivity index is 0.00000566. The van der Waals surface area contributed by atoms with Gasteiger partial charge in [-0.25, -0.2) is 19.9 Å². The van der Waals surface area contributed by atoms with E-state index in [0.717, 1.165) is 22.5 Å². The number of fused-ring (bicyclic) bond motifs is 2. The van der Waals surface area contributed by atoms with Gasteiger partial charge in [0.2, 0.25) is 35.4 Å². The summed E-state index contributed by atoms with van der Waals surface area (Å²) in [6, 6.07) is 18.4. The minimum Gasteiger partial charge on any atom is -0.494 e. The largest absolute Gasteiger partial charge is 0.494 e. The van der Waals surface area contributed by atoms with Gasteiger partial charge in [0.15, 0.2) is 0 Å². The molecule has 22 nitrogen and oxygen atoms in total. The Labute approximate surface area is 502 Å². The van der Waals surface area contributed by atoms with E-state index < -0.39 is 47.1 Å². The lowest BCUT2D eigenvalue weighted by molar-refractivity contribution is -0.143. The van der Waals surface area contributed by atoms with Crippen molar-refractivity contribution < 1.29 is 38.2 Å². The topological polar surface area (TPSA) is 275 Å². The standard InChI is InChI=1S/C60H76N14O8.2ClH/c1-33(61-9)53(75)71-49(59(3,4)5)57(79)73-25-13-15-45(73)55(77)69-43-27-39-41(29-47(43)81-11)63-31-65-51(39)67-37-21-17-35(18-22-37)36-19-23-38(24-20-36)68-52-40-28-44(48(82-12)30-42(40)64-32-66-52)70-56(78)46-16-14-26-74(46)58(80)50(60(6,7)8)72-54(76)34(2)62-10;;/h17-24,27-34,45-46,49-50,61-62H,13-16,25-26H2,1-12H3,(H,69,77)(H,70,78)(H,71,75)(H,72,76)(H,63,65,67)(H,64,66,68);2*1H/t33-,34-,45-,46-,49+,50+;;/m0../s1. The molecule has 6 amide bonds. The summed E-state index contributed by atoms with van der Waals surface area (Å²) in [6.07, 6.45) is 5.05. The summed E-state index contributed by atoms with van der Waals surface area (Å²) >= 11 is 0. The predicted octanol–water partition coefficient (Wildman–Crippen LogP) is 7.72. The number of methoxy groups -OCH3 is 2. The van der Waals surface area contributed by atoms with Crippen LogP contribution in [0.5, 0.6) is 11.5 Å². The van der Waals surface area contributed by atoms with Crippen molar-refractivity contribution in [3.63, 3.8) is 0 Å². The SMILES string of the molecule is CN[C@@H](C)C(=O)N[C@H](C(=O)N1CCC[C@H]1C(=O)Nc1cc2c(Nc3ccc(-c4ccc(Nc5ncnc6cc(OC)c(NC(=O)[C@@H]7CCCN7C(=O)[C@@H](NC(=O)[C@H](C)NC)C(C)(C)C)cc56)cc4)cc3)ncnc2cc1OC)C(C)(C)C.Cl.Cl. The second-order valence-corrected chi connectivity index (χ2v) is 23.0. The van der Waals surface area contributed by atoms with E-state index in [-0.39, 0.29) is 60.3 Å². The summed E-state index contributed by atoms with van der Waals surface area (Å²) < 4.78 is 11.4. The molecule has 2 fully saturated rings. The molecule has 0 aliphatic carbocycles. The van der Waals surface area contributed by atoms with Crippen LogP contribution in [-0.4, -0.2) is 143 Å². The van der Waals surface area contributed by atoms with Gasteiger partial charge >= 0.3 is 0 Å². The monoisotopic (exact) mass is 1190 g/mol. The summed E-state index contributed by atoms with van der Waals surface area (Å²) in [4.78, 5) is 103. The van der Waals surface area contributed by atoms with Crippen LogP contribution in [-0.2, 0) is 28.8 Å². The Kier molecular flexibility index (Phi) is 21.5. The van der Waals surface area contributed by atoms with Gasteiger partial charge in [-0.3, -0.25) is 28.8 Å². The van der Waals surface area contributed by atoms with Crippen LogP contribution in [0.2, 0.25) is 0 Å². The number of amides is 6. The first-order chi connectivity index (χ1) is 39.0. The van der Waals surface area contributed by atoms with Crippen molar-refractivity contribution in [3.05, 3.63) is 85.5 Å². The second kappa shape index (κ2) is 27.6. The number of carbonyl (C=O) groups is 6. The number of hydrogen-bond donors (Lipinski definition) is 8. The van der Waals surface area contributed by atoms with Gasteiger partial charge in [-0.15, -0.1) is 24.8 Å². The third-order valence-corrected chi connectivity index (χ3v) is 15.2. The van der Waals surface area contributed by atoms with Gasteiger partial charge < -0.3 is 61.8 Å². The molecule has 4 aromatic carbocycles. The molecule has 24 heteroatoms. The van der Waals surface area contributed by atoms with Crippen LogP contribution in [0.4, 0.5) is 34.4 Å². The summed E-state index contributed by atoms with van der Waals surface area (Å²) in [5.74, 6) is -0.248. The van der Waals surface area contributed by atoms with E-state index in [0.29, 0.717) is 95.1 Å². The molecule has 4 heterocycles. The van der Waals surface area contributed by atoms with Crippen molar-refractivity contribution in [2.45, 2.75) is 117 Å². The number of halogens is 2. The fraction of sp³-hybridized carbons (Fsp3) is 0.433. The summed E-state index contributed by atoms with van der Waals surface area (Å²) in [5, 5.41) is 25.7. The first kappa shape index (κ1) is 65.2. The molecule has 0 spiro atoms. The van der Waals surface area contributed by atoms with Crippen molar-refractivity contribution in [3.8, 4) is 22.6 Å². The number of likely N-dealkylation sites (N-methyl/N-ethyl adjacent to an activating group) is 2. The van der Waals surface area contributed by atoms with E-state index in [2.05, 4.69) is 62.5 Å². The molecule has 2 aliphatic rings. The molecule has 2 aromatic heterocycles. The number of hydrogen-bond acceptors (Lipinski definition) is 16. The first-order valence-corrected chi connectivity index (χ1v) is 27.6. The molecule has 0 radical (unpaired) electrons. The maximum Gasteiger partial charge on any atom is 0.247 e. The molecule has 0 unspecified atom stereocenters. The average Bonchev–Trinajstić information content (AvgIpc) is 4.32. The van der Waals surface area contributed by atoms with E-state index in [9.17, 15) is 28.8 Å². The van der Waals surface area contributed by atoms with Crippen LogP contribution in [0.3, 0.4) is 0 Å². The molecule has 8 N–H and O–H groups in total. The lowest BCUT2D eigenvalue weighted by atomic mass is 9.85. The van der Waals surface area contributed by atoms with E-state index in [1.54, 1.807) is 62.0 Å². The fourth-order valence-electron chi connectivity index (χ4n) is 10.1. The van der Waals surface area contributed by atoms with Crippen molar-refractivity contribution >= 4 is 116 Å². The van der Waals surface area contributed by atoms with Gasteiger partial charge in [-0.2, -0.15) is 0 Å². The Morgan fingerprint density at radius 2 is 0.905 bits per heavy atom. The lowest BCUT2D eigenvalue weighted by Gasteiger charge is -2.36. The van der Waals surface area contributed by atoms with Crippen molar-refractivity contribution in [2.24, 2.45) is 10.8 Å². The van der Waals surface area contributed by atoms with Gasteiger partial charge in [-0.05, 0) is 112 Å². The van der Waals surface area contributed by atoms with Gasteiger partial charge in [0.25, 0.3) is 0 Å². The third kappa shape index (κ3) is 14.7. The minimum atomic E-state index is -0.852. The Morgan fingerprint density at radius 3 is 1.23 bits per heavy atom. The second-order valence-electron chi connectivity index (χ2n) is 23.0. The molecule has 2 saturated heterocycles. The zero-order chi connectivity index (χ0) is 59.2. The number of benzene rings is 4. The van der Waals surface area contributed by atoms with Crippen LogP contribution in [0.15, 0.2) is 85.5 Å². The molecule has 84 heavy (non-hydrogen) atoms. The maximum atomic E-state index is 14.1. The summed E-state index contributed by atoms with van der Waals surface area (Å²) in [7, 11) is 6.37. The lowest BCUT2D eigenvalue weighted by Crippen LogP contribution is -2.59. The minimum absolute atomic E-state index is 0. The number of aromatic nitrogens is 4.